The summed E-state index contributed by atoms with van der Waals surface area (Å²) >= 11 is 0. The second-order valence-corrected chi connectivity index (χ2v) is 5.29. The molecule has 1 unspecified atom stereocenters. The van der Waals surface area contributed by atoms with E-state index < -0.39 is 4.92 Å². The van der Waals surface area contributed by atoms with Gasteiger partial charge < -0.3 is 10.2 Å². The maximum atomic E-state index is 12.3. The molecule has 0 bridgehead atoms. The molecular weight excluding hydrogens is 294 g/mol. The van der Waals surface area contributed by atoms with E-state index in [1.165, 1.54) is 6.07 Å². The van der Waals surface area contributed by atoms with Crippen molar-refractivity contribution in [1.29, 1.82) is 0 Å². The molecule has 1 aliphatic rings. The van der Waals surface area contributed by atoms with E-state index in [9.17, 15) is 14.9 Å². The van der Waals surface area contributed by atoms with Crippen LogP contribution in [0.5, 0.6) is 0 Å². The average Bonchev–Trinajstić information content (AvgIpc) is 2.36. The first-order valence-electron chi connectivity index (χ1n) is 6.68. The van der Waals surface area contributed by atoms with Crippen LogP contribution in [0.15, 0.2) is 24.3 Å². The molecule has 1 N–H and O–H groups in total. The Hall–Kier alpha value is -1.66. The third-order valence-electron chi connectivity index (χ3n) is 3.88. The number of carbonyl (C=O) groups is 1. The zero-order chi connectivity index (χ0) is 14.7. The van der Waals surface area contributed by atoms with Crippen molar-refractivity contribution in [3.63, 3.8) is 0 Å². The number of para-hydroxylation sites is 1. The quantitative estimate of drug-likeness (QED) is 0.664. The Morgan fingerprint density at radius 3 is 2.62 bits per heavy atom. The molecule has 21 heavy (non-hydrogen) atoms. The predicted molar refractivity (Wildman–Crippen MR) is 82.3 cm³/mol. The lowest BCUT2D eigenvalue weighted by Crippen LogP contribution is -2.49. The van der Waals surface area contributed by atoms with E-state index in [-0.39, 0.29) is 36.5 Å². The Balaban J connectivity index is 0.00000220. The van der Waals surface area contributed by atoms with E-state index in [1.54, 1.807) is 30.1 Å². The van der Waals surface area contributed by atoms with E-state index in [1.807, 2.05) is 6.92 Å². The molecule has 0 radical (unpaired) electrons. The van der Waals surface area contributed by atoms with Gasteiger partial charge in [0.05, 0.1) is 11.5 Å². The van der Waals surface area contributed by atoms with Crippen LogP contribution in [0.3, 0.4) is 0 Å². The number of hydrogen-bond donors (Lipinski definition) is 1. The van der Waals surface area contributed by atoms with Crippen molar-refractivity contribution in [2.24, 2.45) is 11.8 Å². The number of nitrogens with zero attached hydrogens (tertiary/aromatic N) is 2. The normalized spacial score (nSPS) is 15.5. The number of halogens is 1. The summed E-state index contributed by atoms with van der Waals surface area (Å²) in [6.07, 6.45) is 0. The van der Waals surface area contributed by atoms with Crippen LogP contribution in [0, 0.1) is 22.0 Å². The van der Waals surface area contributed by atoms with Gasteiger partial charge in [-0.3, -0.25) is 14.9 Å². The second kappa shape index (κ2) is 7.38. The van der Waals surface area contributed by atoms with Gasteiger partial charge in [-0.05, 0) is 19.0 Å². The van der Waals surface area contributed by atoms with Gasteiger partial charge in [-0.2, -0.15) is 0 Å². The molecular formula is C14H20ClN3O3. The molecule has 2 rings (SSSR count). The van der Waals surface area contributed by atoms with Crippen molar-refractivity contribution in [3.05, 3.63) is 39.9 Å². The minimum absolute atomic E-state index is 0. The van der Waals surface area contributed by atoms with Gasteiger partial charge in [0.1, 0.15) is 0 Å². The molecule has 1 aliphatic heterocycles. The molecule has 0 spiro atoms. The van der Waals surface area contributed by atoms with E-state index in [2.05, 4.69) is 5.32 Å². The lowest BCUT2D eigenvalue weighted by molar-refractivity contribution is -0.385. The summed E-state index contributed by atoms with van der Waals surface area (Å²) in [6, 6.07) is 6.54. The van der Waals surface area contributed by atoms with Crippen LogP contribution >= 0.6 is 12.4 Å². The molecule has 1 atom stereocenters. The topological polar surface area (TPSA) is 75.5 Å². The molecule has 0 aliphatic carbocycles. The van der Waals surface area contributed by atoms with Crippen molar-refractivity contribution >= 4 is 24.0 Å². The molecule has 116 valence electrons. The van der Waals surface area contributed by atoms with Gasteiger partial charge in [-0.15, -0.1) is 12.4 Å². The van der Waals surface area contributed by atoms with Crippen molar-refractivity contribution in [1.82, 2.24) is 10.2 Å². The van der Waals surface area contributed by atoms with Crippen molar-refractivity contribution in [3.8, 4) is 0 Å². The van der Waals surface area contributed by atoms with Crippen molar-refractivity contribution in [2.45, 2.75) is 13.5 Å². The number of carbonyl (C=O) groups excluding carboxylic acids is 1. The first-order valence-corrected chi connectivity index (χ1v) is 6.68. The lowest BCUT2D eigenvalue weighted by atomic mass is 9.88. The van der Waals surface area contributed by atoms with Crippen molar-refractivity contribution < 1.29 is 9.72 Å². The van der Waals surface area contributed by atoms with Crippen molar-refractivity contribution in [2.75, 3.05) is 20.1 Å². The fourth-order valence-corrected chi connectivity index (χ4v) is 2.37. The summed E-state index contributed by atoms with van der Waals surface area (Å²) in [5, 5.41) is 14.1. The Morgan fingerprint density at radius 1 is 1.48 bits per heavy atom. The van der Waals surface area contributed by atoms with Gasteiger partial charge >= 0.3 is 0 Å². The van der Waals surface area contributed by atoms with E-state index in [0.717, 1.165) is 13.1 Å². The summed E-state index contributed by atoms with van der Waals surface area (Å²) in [5.74, 6) is 0.356. The maximum absolute atomic E-state index is 12.3. The number of hydrogen-bond acceptors (Lipinski definition) is 4. The molecule has 0 saturated carbocycles. The molecule has 6 nitrogen and oxygen atoms in total. The highest BCUT2D eigenvalue weighted by molar-refractivity contribution is 5.85. The predicted octanol–water partition coefficient (Wildman–Crippen LogP) is 1.83. The molecule has 1 aromatic carbocycles. The minimum Gasteiger partial charge on any atom is -0.341 e. The van der Waals surface area contributed by atoms with Gasteiger partial charge in [-0.1, -0.05) is 25.1 Å². The Kier molecular flexibility index (Phi) is 6.11. The highest BCUT2D eigenvalue weighted by atomic mass is 35.5. The van der Waals surface area contributed by atoms with Gasteiger partial charge in [0.2, 0.25) is 5.91 Å². The summed E-state index contributed by atoms with van der Waals surface area (Å²) in [5.41, 5.74) is 0.623. The fraction of sp³-hybridized carbons (Fsp3) is 0.500. The fourth-order valence-electron chi connectivity index (χ4n) is 2.37. The highest BCUT2D eigenvalue weighted by Gasteiger charge is 2.30. The molecule has 1 saturated heterocycles. The number of rotatable bonds is 5. The van der Waals surface area contributed by atoms with Crippen LogP contribution in [0.4, 0.5) is 5.69 Å². The molecule has 7 heteroatoms. The van der Waals surface area contributed by atoms with Crippen LogP contribution in [-0.4, -0.2) is 35.9 Å². The molecule has 1 fully saturated rings. The standard InChI is InChI=1S/C14H19N3O3.ClH/c1-10(12-7-15-8-12)14(18)16(2)9-11-5-3-4-6-13(11)17(19)20;/h3-6,10,12,15H,7-9H2,1-2H3;1H. The lowest BCUT2D eigenvalue weighted by Gasteiger charge is -2.33. The Bertz CT molecular complexity index is 520. The maximum Gasteiger partial charge on any atom is 0.274 e. The summed E-state index contributed by atoms with van der Waals surface area (Å²) in [4.78, 5) is 24.4. The zero-order valence-electron chi connectivity index (χ0n) is 12.1. The average molecular weight is 314 g/mol. The number of amides is 1. The number of benzene rings is 1. The molecule has 1 aromatic rings. The Labute approximate surface area is 130 Å². The SMILES string of the molecule is CC(C(=O)N(C)Cc1ccccc1[N+](=O)[O-])C1CNC1.Cl. The third kappa shape index (κ3) is 3.92. The third-order valence-corrected chi connectivity index (χ3v) is 3.88. The number of nitro groups is 1. The smallest absolute Gasteiger partial charge is 0.274 e. The number of nitro benzene ring substituents is 1. The summed E-state index contributed by atoms with van der Waals surface area (Å²) < 4.78 is 0. The first-order chi connectivity index (χ1) is 9.50. The van der Waals surface area contributed by atoms with Crippen LogP contribution in [0.2, 0.25) is 0 Å². The largest absolute Gasteiger partial charge is 0.341 e. The second-order valence-electron chi connectivity index (χ2n) is 5.29. The number of nitrogens with one attached hydrogen (secondary N) is 1. The van der Waals surface area contributed by atoms with Crippen LogP contribution in [0.25, 0.3) is 0 Å². The highest BCUT2D eigenvalue weighted by Crippen LogP contribution is 2.22. The first kappa shape index (κ1) is 17.4. The summed E-state index contributed by atoms with van der Waals surface area (Å²) in [7, 11) is 1.70. The molecule has 0 aromatic heterocycles. The molecule has 1 amide bonds. The van der Waals surface area contributed by atoms with E-state index in [0.29, 0.717) is 11.5 Å². The Morgan fingerprint density at radius 2 is 2.10 bits per heavy atom. The van der Waals surface area contributed by atoms with Gasteiger partial charge in [-0.25, -0.2) is 0 Å². The van der Waals surface area contributed by atoms with Crippen LogP contribution in [0.1, 0.15) is 12.5 Å². The van der Waals surface area contributed by atoms with Gasteiger partial charge in [0.15, 0.2) is 0 Å². The van der Waals surface area contributed by atoms with Crippen LogP contribution < -0.4 is 5.32 Å². The summed E-state index contributed by atoms with van der Waals surface area (Å²) in [6.45, 7) is 3.92. The van der Waals surface area contributed by atoms with Gasteiger partial charge in [0.25, 0.3) is 5.69 Å². The van der Waals surface area contributed by atoms with Gasteiger partial charge in [0, 0.05) is 24.6 Å². The minimum atomic E-state index is -0.410. The zero-order valence-corrected chi connectivity index (χ0v) is 12.9. The van der Waals surface area contributed by atoms with Crippen LogP contribution in [-0.2, 0) is 11.3 Å². The van der Waals surface area contributed by atoms with E-state index >= 15 is 0 Å². The monoisotopic (exact) mass is 313 g/mol. The van der Waals surface area contributed by atoms with E-state index in [4.69, 9.17) is 0 Å². The molecule has 1 heterocycles.